The summed E-state index contributed by atoms with van der Waals surface area (Å²) < 4.78 is 0. The van der Waals surface area contributed by atoms with Gasteiger partial charge in [-0.25, -0.2) is 0 Å². The van der Waals surface area contributed by atoms with Gasteiger partial charge in [-0.15, -0.1) is 6.58 Å². The highest BCUT2D eigenvalue weighted by molar-refractivity contribution is 6.02. The molecule has 0 aliphatic carbocycles. The lowest BCUT2D eigenvalue weighted by molar-refractivity contribution is 1.00. The minimum Gasteiger partial charge on any atom is -0.289 e. The van der Waals surface area contributed by atoms with Crippen LogP contribution in [-0.4, -0.2) is 12.3 Å². The fourth-order valence-corrected chi connectivity index (χ4v) is 1.79. The summed E-state index contributed by atoms with van der Waals surface area (Å²) in [6.45, 7) is 4.65. The summed E-state index contributed by atoms with van der Waals surface area (Å²) in [7, 11) is 0. The molecule has 0 fully saturated rings. The van der Waals surface area contributed by atoms with Crippen LogP contribution in [0.3, 0.4) is 0 Å². The molecule has 76 valence electrons. The van der Waals surface area contributed by atoms with Gasteiger partial charge in [0.05, 0.1) is 0 Å². The van der Waals surface area contributed by atoms with Crippen molar-refractivity contribution < 1.29 is 0 Å². The van der Waals surface area contributed by atoms with E-state index in [0.717, 1.165) is 25.1 Å². The third-order valence-corrected chi connectivity index (χ3v) is 2.53. The summed E-state index contributed by atoms with van der Waals surface area (Å²) in [5.41, 5.74) is 3.85. The number of hydrogen-bond donors (Lipinski definition) is 0. The maximum Gasteiger partial charge on any atom is 0.0433 e. The van der Waals surface area contributed by atoms with Crippen molar-refractivity contribution in [2.75, 3.05) is 6.54 Å². The van der Waals surface area contributed by atoms with Crippen LogP contribution in [0.15, 0.2) is 54.1 Å². The zero-order valence-corrected chi connectivity index (χ0v) is 8.82. The number of allylic oxidation sites excluding steroid dienone is 2. The van der Waals surface area contributed by atoms with E-state index in [1.54, 1.807) is 0 Å². The first-order valence-electron chi connectivity index (χ1n) is 5.30. The zero-order chi connectivity index (χ0) is 10.5. The molecule has 2 rings (SSSR count). The summed E-state index contributed by atoms with van der Waals surface area (Å²) in [6.07, 6.45) is 6.02. The van der Waals surface area contributed by atoms with Gasteiger partial charge >= 0.3 is 0 Å². The van der Waals surface area contributed by atoms with Crippen LogP contribution >= 0.6 is 0 Å². The van der Waals surface area contributed by atoms with Crippen LogP contribution in [0.4, 0.5) is 0 Å². The zero-order valence-electron chi connectivity index (χ0n) is 8.82. The van der Waals surface area contributed by atoms with Crippen LogP contribution < -0.4 is 0 Å². The van der Waals surface area contributed by atoms with Gasteiger partial charge in [0.2, 0.25) is 0 Å². The number of nitrogens with zero attached hydrogens (tertiary/aromatic N) is 1. The average Bonchev–Trinajstić information content (AvgIpc) is 2.31. The molecule has 0 amide bonds. The predicted molar refractivity (Wildman–Crippen MR) is 66.2 cm³/mol. The van der Waals surface area contributed by atoms with E-state index >= 15 is 0 Å². The molecule has 1 heterocycles. The number of hydrogen-bond acceptors (Lipinski definition) is 1. The molecular weight excluding hydrogens is 182 g/mol. The van der Waals surface area contributed by atoms with Gasteiger partial charge < -0.3 is 0 Å². The Morgan fingerprint density at radius 1 is 1.27 bits per heavy atom. The molecule has 1 aromatic carbocycles. The van der Waals surface area contributed by atoms with E-state index in [0.29, 0.717) is 0 Å². The molecule has 1 nitrogen and oxygen atoms in total. The standard InChI is InChI=1S/C14H15N/c1-2-6-14-11-13(9-10-15-14)12-7-4-3-5-8-12/h2-5,7-8,11H,1,6,9-10H2. The molecule has 15 heavy (non-hydrogen) atoms. The van der Waals surface area contributed by atoms with Crippen molar-refractivity contribution in [1.29, 1.82) is 0 Å². The minimum atomic E-state index is 0.871. The van der Waals surface area contributed by atoms with Crippen molar-refractivity contribution >= 4 is 11.3 Å². The van der Waals surface area contributed by atoms with Crippen LogP contribution in [0, 0.1) is 0 Å². The predicted octanol–water partition coefficient (Wildman–Crippen LogP) is 3.49. The largest absolute Gasteiger partial charge is 0.289 e. The second-order valence-electron chi connectivity index (χ2n) is 3.65. The minimum absolute atomic E-state index is 0.871. The van der Waals surface area contributed by atoms with Crippen molar-refractivity contribution in [2.24, 2.45) is 4.99 Å². The second-order valence-corrected chi connectivity index (χ2v) is 3.65. The Morgan fingerprint density at radius 2 is 2.07 bits per heavy atom. The van der Waals surface area contributed by atoms with Gasteiger partial charge in [0.1, 0.15) is 0 Å². The summed E-state index contributed by atoms with van der Waals surface area (Å²) >= 11 is 0. The van der Waals surface area contributed by atoms with Crippen LogP contribution in [0.1, 0.15) is 18.4 Å². The highest BCUT2D eigenvalue weighted by Gasteiger charge is 2.07. The molecule has 0 radical (unpaired) electrons. The Kier molecular flexibility index (Phi) is 3.13. The molecule has 1 heteroatoms. The Morgan fingerprint density at radius 3 is 2.80 bits per heavy atom. The van der Waals surface area contributed by atoms with Gasteiger partial charge in [-0.05, 0) is 23.6 Å². The third kappa shape index (κ3) is 2.44. The highest BCUT2D eigenvalue weighted by Crippen LogP contribution is 2.21. The molecule has 0 saturated heterocycles. The van der Waals surface area contributed by atoms with Crippen molar-refractivity contribution in [1.82, 2.24) is 0 Å². The quantitative estimate of drug-likeness (QED) is 0.658. The van der Waals surface area contributed by atoms with Crippen LogP contribution in [0.2, 0.25) is 0 Å². The fraction of sp³-hybridized carbons (Fsp3) is 0.214. The monoisotopic (exact) mass is 197 g/mol. The molecule has 1 aromatic rings. The Labute approximate surface area is 90.9 Å². The normalized spacial score (nSPS) is 15.5. The van der Waals surface area contributed by atoms with Gasteiger partial charge in [0, 0.05) is 18.7 Å². The number of aliphatic imine (C=N–C) groups is 1. The van der Waals surface area contributed by atoms with E-state index in [1.165, 1.54) is 11.1 Å². The van der Waals surface area contributed by atoms with E-state index in [4.69, 9.17) is 0 Å². The number of benzene rings is 1. The van der Waals surface area contributed by atoms with Crippen molar-refractivity contribution in [3.63, 3.8) is 0 Å². The average molecular weight is 197 g/mol. The first-order valence-corrected chi connectivity index (χ1v) is 5.30. The molecular formula is C14H15N. The van der Waals surface area contributed by atoms with Crippen LogP contribution in [0.25, 0.3) is 5.57 Å². The van der Waals surface area contributed by atoms with Crippen molar-refractivity contribution in [3.8, 4) is 0 Å². The summed E-state index contributed by atoms with van der Waals surface area (Å²) in [6, 6.07) is 10.5. The van der Waals surface area contributed by atoms with Crippen molar-refractivity contribution in [3.05, 3.63) is 54.6 Å². The van der Waals surface area contributed by atoms with Crippen molar-refractivity contribution in [2.45, 2.75) is 12.8 Å². The van der Waals surface area contributed by atoms with Gasteiger partial charge in [-0.2, -0.15) is 0 Å². The molecule has 0 aromatic heterocycles. The maximum atomic E-state index is 4.46. The van der Waals surface area contributed by atoms with E-state index in [9.17, 15) is 0 Å². The lowest BCUT2D eigenvalue weighted by atomic mass is 9.98. The molecule has 1 aliphatic rings. The van der Waals surface area contributed by atoms with E-state index in [1.807, 2.05) is 12.1 Å². The lowest BCUT2D eigenvalue weighted by Crippen LogP contribution is -2.03. The fourth-order valence-electron chi connectivity index (χ4n) is 1.79. The van der Waals surface area contributed by atoms with Crippen LogP contribution in [0.5, 0.6) is 0 Å². The van der Waals surface area contributed by atoms with E-state index < -0.39 is 0 Å². The molecule has 0 saturated carbocycles. The molecule has 0 spiro atoms. The summed E-state index contributed by atoms with van der Waals surface area (Å²) in [4.78, 5) is 4.46. The topological polar surface area (TPSA) is 12.4 Å². The van der Waals surface area contributed by atoms with Gasteiger partial charge in [-0.3, -0.25) is 4.99 Å². The molecule has 0 N–H and O–H groups in total. The SMILES string of the molecule is C=CCC1=NCCC(c2ccccc2)=C1. The molecule has 0 unspecified atom stereocenters. The molecule has 0 bridgehead atoms. The Bertz CT molecular complexity index is 399. The van der Waals surface area contributed by atoms with Crippen LogP contribution in [-0.2, 0) is 0 Å². The smallest absolute Gasteiger partial charge is 0.0433 e. The highest BCUT2D eigenvalue weighted by atomic mass is 14.7. The van der Waals surface area contributed by atoms with E-state index in [2.05, 4.69) is 41.9 Å². The maximum absolute atomic E-state index is 4.46. The van der Waals surface area contributed by atoms with Gasteiger partial charge in [0.15, 0.2) is 0 Å². The van der Waals surface area contributed by atoms with E-state index in [-0.39, 0.29) is 0 Å². The van der Waals surface area contributed by atoms with Gasteiger partial charge in [-0.1, -0.05) is 36.4 Å². The summed E-state index contributed by atoms with van der Waals surface area (Å²) in [5, 5.41) is 0. The van der Waals surface area contributed by atoms with Gasteiger partial charge in [0.25, 0.3) is 0 Å². The third-order valence-electron chi connectivity index (χ3n) is 2.53. The Hall–Kier alpha value is -1.63. The number of rotatable bonds is 3. The number of dihydropyridines is 1. The first kappa shape index (κ1) is 9.91. The first-order chi connectivity index (χ1) is 7.40. The molecule has 1 aliphatic heterocycles. The second kappa shape index (κ2) is 4.74. The lowest BCUT2D eigenvalue weighted by Gasteiger charge is -2.12. The molecule has 0 atom stereocenters. The summed E-state index contributed by atoms with van der Waals surface area (Å²) in [5.74, 6) is 0. The Balaban J connectivity index is 2.24.